The number of rotatable bonds is 3. The lowest BCUT2D eigenvalue weighted by Crippen LogP contribution is -2.17. The largest absolute Gasteiger partial charge is 0.322 e. The molecule has 0 aromatic carbocycles. The van der Waals surface area contributed by atoms with Gasteiger partial charge >= 0.3 is 0 Å². The molecule has 0 aliphatic heterocycles. The van der Waals surface area contributed by atoms with Gasteiger partial charge in [-0.05, 0) is 6.92 Å². The molecule has 0 radical (unpaired) electrons. The molecule has 0 amide bonds. The van der Waals surface area contributed by atoms with Crippen molar-refractivity contribution in [3.8, 4) is 0 Å². The Labute approximate surface area is 91.9 Å². The van der Waals surface area contributed by atoms with Crippen molar-refractivity contribution in [1.82, 2.24) is 20.0 Å². The minimum absolute atomic E-state index is 0.0875. The van der Waals surface area contributed by atoms with E-state index < -0.39 is 0 Å². The number of aromatic nitrogens is 4. The van der Waals surface area contributed by atoms with Crippen LogP contribution >= 0.6 is 11.3 Å². The molecule has 5 nitrogen and oxygen atoms in total. The lowest BCUT2D eigenvalue weighted by Gasteiger charge is -2.08. The molecule has 2 rings (SSSR count). The van der Waals surface area contributed by atoms with Crippen LogP contribution in [0.4, 0.5) is 0 Å². The van der Waals surface area contributed by atoms with Crippen molar-refractivity contribution in [2.45, 2.75) is 19.4 Å². The molecule has 0 spiro atoms. The molecule has 2 N–H and O–H groups in total. The smallest absolute Gasteiger partial charge is 0.0947 e. The van der Waals surface area contributed by atoms with Gasteiger partial charge in [0.05, 0.1) is 22.9 Å². The second kappa shape index (κ2) is 4.08. The first-order valence-electron chi connectivity index (χ1n) is 4.68. The average molecular weight is 223 g/mol. The molecule has 0 fully saturated rings. The number of aryl methyl sites for hydroxylation is 2. The van der Waals surface area contributed by atoms with Crippen molar-refractivity contribution in [1.29, 1.82) is 0 Å². The monoisotopic (exact) mass is 223 g/mol. The van der Waals surface area contributed by atoms with Crippen LogP contribution in [-0.4, -0.2) is 20.0 Å². The zero-order valence-corrected chi connectivity index (χ0v) is 9.53. The fourth-order valence-corrected chi connectivity index (χ4v) is 2.25. The normalized spacial score (nSPS) is 13.0. The zero-order valence-electron chi connectivity index (χ0n) is 8.71. The topological polar surface area (TPSA) is 69.6 Å². The standard InChI is InChI=1S/C9H13N5S/c1-6-5-15-9(12-6)3-7(10)8-4-11-13-14(8)2/h4-5,7H,3,10H2,1-2H3. The fourth-order valence-electron chi connectivity index (χ4n) is 1.42. The quantitative estimate of drug-likeness (QED) is 0.836. The second-order valence-corrected chi connectivity index (χ2v) is 4.42. The van der Waals surface area contributed by atoms with Gasteiger partial charge in [0.15, 0.2) is 0 Å². The van der Waals surface area contributed by atoms with Gasteiger partial charge in [-0.25, -0.2) is 4.98 Å². The highest BCUT2D eigenvalue weighted by molar-refractivity contribution is 7.09. The van der Waals surface area contributed by atoms with Crippen molar-refractivity contribution in [2.75, 3.05) is 0 Å². The van der Waals surface area contributed by atoms with Crippen LogP contribution in [0.2, 0.25) is 0 Å². The van der Waals surface area contributed by atoms with E-state index in [1.807, 2.05) is 19.4 Å². The lowest BCUT2D eigenvalue weighted by atomic mass is 10.2. The maximum atomic E-state index is 6.05. The predicted octanol–water partition coefficient (Wildman–Crippen LogP) is 0.823. The van der Waals surface area contributed by atoms with Crippen LogP contribution in [0.5, 0.6) is 0 Å². The number of hydrogen-bond acceptors (Lipinski definition) is 5. The highest BCUT2D eigenvalue weighted by Gasteiger charge is 2.13. The summed E-state index contributed by atoms with van der Waals surface area (Å²) in [7, 11) is 1.84. The van der Waals surface area contributed by atoms with Gasteiger partial charge < -0.3 is 5.73 Å². The van der Waals surface area contributed by atoms with Gasteiger partial charge in [0.2, 0.25) is 0 Å². The van der Waals surface area contributed by atoms with Gasteiger partial charge in [0.1, 0.15) is 0 Å². The van der Waals surface area contributed by atoms with E-state index in [2.05, 4.69) is 15.3 Å². The molecule has 15 heavy (non-hydrogen) atoms. The fraction of sp³-hybridized carbons (Fsp3) is 0.444. The molecule has 2 aromatic heterocycles. The average Bonchev–Trinajstić information content (AvgIpc) is 2.75. The van der Waals surface area contributed by atoms with Crippen LogP contribution in [-0.2, 0) is 13.5 Å². The molecule has 0 bridgehead atoms. The van der Waals surface area contributed by atoms with Crippen LogP contribution in [0, 0.1) is 6.92 Å². The molecule has 80 valence electrons. The molecule has 0 aliphatic rings. The third kappa shape index (κ3) is 2.21. The molecular formula is C9H13N5S. The highest BCUT2D eigenvalue weighted by atomic mass is 32.1. The molecule has 2 heterocycles. The summed E-state index contributed by atoms with van der Waals surface area (Å²) in [5.74, 6) is 0. The molecule has 1 atom stereocenters. The summed E-state index contributed by atoms with van der Waals surface area (Å²) in [5.41, 5.74) is 8.03. The minimum atomic E-state index is -0.0875. The minimum Gasteiger partial charge on any atom is -0.322 e. The maximum absolute atomic E-state index is 6.05. The summed E-state index contributed by atoms with van der Waals surface area (Å²) in [4.78, 5) is 4.38. The van der Waals surface area contributed by atoms with E-state index in [9.17, 15) is 0 Å². The Balaban J connectivity index is 2.10. The van der Waals surface area contributed by atoms with Crippen LogP contribution < -0.4 is 5.73 Å². The Kier molecular flexibility index (Phi) is 2.79. The highest BCUT2D eigenvalue weighted by Crippen LogP contribution is 2.17. The summed E-state index contributed by atoms with van der Waals surface area (Å²) >= 11 is 1.64. The first-order chi connectivity index (χ1) is 7.16. The van der Waals surface area contributed by atoms with Crippen molar-refractivity contribution in [3.05, 3.63) is 28.0 Å². The Morgan fingerprint density at radius 2 is 2.40 bits per heavy atom. The van der Waals surface area contributed by atoms with Crippen molar-refractivity contribution in [3.63, 3.8) is 0 Å². The van der Waals surface area contributed by atoms with E-state index in [0.29, 0.717) is 0 Å². The summed E-state index contributed by atoms with van der Waals surface area (Å²) in [6.07, 6.45) is 2.44. The van der Waals surface area contributed by atoms with Gasteiger partial charge in [0.25, 0.3) is 0 Å². The Morgan fingerprint density at radius 1 is 1.60 bits per heavy atom. The van der Waals surface area contributed by atoms with E-state index in [0.717, 1.165) is 22.8 Å². The van der Waals surface area contributed by atoms with E-state index >= 15 is 0 Å². The van der Waals surface area contributed by atoms with E-state index in [-0.39, 0.29) is 6.04 Å². The number of nitrogens with two attached hydrogens (primary N) is 1. The molecular weight excluding hydrogens is 210 g/mol. The molecule has 1 unspecified atom stereocenters. The number of thiazole rings is 1. The van der Waals surface area contributed by atoms with Crippen LogP contribution in [0.1, 0.15) is 22.4 Å². The third-order valence-corrected chi connectivity index (χ3v) is 3.18. The van der Waals surface area contributed by atoms with Gasteiger partial charge in [-0.2, -0.15) is 0 Å². The number of nitrogens with zero attached hydrogens (tertiary/aromatic N) is 4. The Bertz CT molecular complexity index is 447. The first kappa shape index (κ1) is 10.3. The van der Waals surface area contributed by atoms with Crippen LogP contribution in [0.25, 0.3) is 0 Å². The van der Waals surface area contributed by atoms with E-state index in [1.54, 1.807) is 22.2 Å². The third-order valence-electron chi connectivity index (χ3n) is 2.19. The summed E-state index contributed by atoms with van der Waals surface area (Å²) in [5, 5.41) is 10.7. The Morgan fingerprint density at radius 3 is 2.93 bits per heavy atom. The Hall–Kier alpha value is -1.27. The maximum Gasteiger partial charge on any atom is 0.0947 e. The molecule has 0 saturated heterocycles. The molecule has 6 heteroatoms. The van der Waals surface area contributed by atoms with E-state index in [1.165, 1.54) is 0 Å². The van der Waals surface area contributed by atoms with Gasteiger partial charge in [-0.1, -0.05) is 5.21 Å². The number of hydrogen-bond donors (Lipinski definition) is 1. The van der Waals surface area contributed by atoms with Crippen LogP contribution in [0.3, 0.4) is 0 Å². The van der Waals surface area contributed by atoms with Crippen molar-refractivity contribution >= 4 is 11.3 Å². The molecule has 0 aliphatic carbocycles. The zero-order chi connectivity index (χ0) is 10.8. The van der Waals surface area contributed by atoms with Gasteiger partial charge in [-0.3, -0.25) is 4.68 Å². The molecule has 2 aromatic rings. The summed E-state index contributed by atoms with van der Waals surface area (Å²) in [6, 6.07) is -0.0875. The summed E-state index contributed by atoms with van der Waals surface area (Å²) < 4.78 is 1.70. The SMILES string of the molecule is Cc1csc(CC(N)c2cnnn2C)n1. The first-order valence-corrected chi connectivity index (χ1v) is 5.56. The van der Waals surface area contributed by atoms with E-state index in [4.69, 9.17) is 5.73 Å². The van der Waals surface area contributed by atoms with Crippen molar-refractivity contribution in [2.24, 2.45) is 12.8 Å². The second-order valence-electron chi connectivity index (χ2n) is 3.48. The molecule has 0 saturated carbocycles. The van der Waals surface area contributed by atoms with Crippen molar-refractivity contribution < 1.29 is 0 Å². The summed E-state index contributed by atoms with van der Waals surface area (Å²) in [6.45, 7) is 1.98. The van der Waals surface area contributed by atoms with Gasteiger partial charge in [-0.15, -0.1) is 16.4 Å². The van der Waals surface area contributed by atoms with Gasteiger partial charge in [0, 0.05) is 24.5 Å². The lowest BCUT2D eigenvalue weighted by molar-refractivity contribution is 0.605. The van der Waals surface area contributed by atoms with Crippen LogP contribution in [0.15, 0.2) is 11.6 Å². The predicted molar refractivity (Wildman–Crippen MR) is 58.5 cm³/mol.